The minimum atomic E-state index is -1.46. The Bertz CT molecular complexity index is 1790. The summed E-state index contributed by atoms with van der Waals surface area (Å²) < 4.78 is 25.5. The fourth-order valence-corrected chi connectivity index (χ4v) is 9.71. The minimum Gasteiger partial charge on any atom is -0.460 e. The first-order valence-corrected chi connectivity index (χ1v) is 20.6. The molecule has 0 aromatic heterocycles. The van der Waals surface area contributed by atoms with Gasteiger partial charge in [0.25, 0.3) is 0 Å². The van der Waals surface area contributed by atoms with E-state index in [4.69, 9.17) is 23.8 Å². The first kappa shape index (κ1) is 39.9. The quantitative estimate of drug-likeness (QED) is 0.221. The van der Waals surface area contributed by atoms with Gasteiger partial charge < -0.3 is 39.2 Å². The second-order valence-corrected chi connectivity index (χ2v) is 18.1. The molecule has 2 N–H and O–H groups in total. The summed E-state index contributed by atoms with van der Waals surface area (Å²) >= 11 is 0. The highest BCUT2D eigenvalue weighted by atomic mass is 16.8. The van der Waals surface area contributed by atoms with Crippen molar-refractivity contribution in [2.75, 3.05) is 27.2 Å². The number of nitrogens with one attached hydrogen (secondary N) is 1. The van der Waals surface area contributed by atoms with E-state index < -0.39 is 83.8 Å². The standard InChI is InChI=1S/C42H56N4O11/c1-40(2,3)54-32(49)19-17-28(23-47)43-37(50)29-11-8-20-45(29)39(52)41-21-30-33-34(56-42(55-33,26-13-14-26)27-15-16-27)36(41)57-46(35(41)38(51)53-30)22-25-10-7-6-9-24(25)12-18-31(48)44(4)5/h6-7,9-10,12,18,26-30,33-36,47H,8,11,13-17,19-23H2,1-5H3,(H,43,50). The van der Waals surface area contributed by atoms with Crippen LogP contribution in [0.1, 0.15) is 89.7 Å². The highest BCUT2D eigenvalue weighted by Crippen LogP contribution is 2.64. The van der Waals surface area contributed by atoms with E-state index in [0.29, 0.717) is 12.8 Å². The molecule has 1 aromatic rings. The van der Waals surface area contributed by atoms with Crippen LogP contribution in [0.15, 0.2) is 30.3 Å². The van der Waals surface area contributed by atoms with Gasteiger partial charge in [0.05, 0.1) is 19.2 Å². The zero-order chi connectivity index (χ0) is 40.4. The normalized spacial score (nSPS) is 32.2. The Labute approximate surface area is 333 Å². The zero-order valence-electron chi connectivity index (χ0n) is 33.5. The number of aliphatic hydroxyl groups is 1. The number of hydrogen-bond acceptors (Lipinski definition) is 12. The topological polar surface area (TPSA) is 173 Å². The van der Waals surface area contributed by atoms with E-state index in [2.05, 4.69) is 5.32 Å². The number of aliphatic hydroxyl groups excluding tert-OH is 1. The van der Waals surface area contributed by atoms with Crippen molar-refractivity contribution < 1.29 is 52.9 Å². The molecule has 15 nitrogen and oxygen atoms in total. The Balaban J connectivity index is 1.09. The van der Waals surface area contributed by atoms with Crippen LogP contribution in [0.2, 0.25) is 0 Å². The van der Waals surface area contributed by atoms with Gasteiger partial charge in [0.2, 0.25) is 17.7 Å². The molecule has 7 fully saturated rings. The molecular weight excluding hydrogens is 736 g/mol. The number of carbonyl (C=O) groups is 5. The maximum absolute atomic E-state index is 15.5. The average molecular weight is 793 g/mol. The van der Waals surface area contributed by atoms with Crippen LogP contribution < -0.4 is 5.32 Å². The first-order chi connectivity index (χ1) is 27.1. The van der Waals surface area contributed by atoms with Crippen molar-refractivity contribution in [1.82, 2.24) is 20.2 Å². The van der Waals surface area contributed by atoms with Crippen molar-refractivity contribution in [2.24, 2.45) is 17.3 Å². The summed E-state index contributed by atoms with van der Waals surface area (Å²) in [6.07, 6.45) is 5.34. The monoisotopic (exact) mass is 792 g/mol. The number of nitrogens with zero attached hydrogens (tertiary/aromatic N) is 3. The minimum absolute atomic E-state index is 0.00204. The highest BCUT2D eigenvalue weighted by Gasteiger charge is 2.78. The molecule has 4 saturated heterocycles. The van der Waals surface area contributed by atoms with E-state index in [1.54, 1.807) is 50.9 Å². The Hall–Kier alpha value is -3.89. The molecule has 4 heterocycles. The van der Waals surface area contributed by atoms with Crippen molar-refractivity contribution in [3.05, 3.63) is 41.5 Å². The Morgan fingerprint density at radius 3 is 2.42 bits per heavy atom. The number of fused-ring (bicyclic) bond motifs is 4. The van der Waals surface area contributed by atoms with Gasteiger partial charge in [-0.05, 0) is 82.9 Å². The number of amides is 3. The van der Waals surface area contributed by atoms with Crippen LogP contribution in [-0.2, 0) is 54.3 Å². The number of hydrogen-bond donors (Lipinski definition) is 2. The number of hydroxylamine groups is 2. The summed E-state index contributed by atoms with van der Waals surface area (Å²) in [6, 6.07) is 4.73. The summed E-state index contributed by atoms with van der Waals surface area (Å²) in [5.41, 5.74) is -0.618. The molecule has 57 heavy (non-hydrogen) atoms. The van der Waals surface area contributed by atoms with Gasteiger partial charge in [0, 0.05) is 51.4 Å². The SMILES string of the molecule is CN(C)C(=O)C=Cc1ccccc1CN1OC2C3OC(C4CC4)(C4CC4)OC3C3CC2(C(=O)N2CCCC2C(=O)NC(CO)CCC(=O)OC(C)(C)C)C1C(=O)O3. The lowest BCUT2D eigenvalue weighted by Gasteiger charge is -2.50. The smallest absolute Gasteiger partial charge is 0.327 e. The summed E-state index contributed by atoms with van der Waals surface area (Å²) in [6.45, 7) is 5.30. The summed E-state index contributed by atoms with van der Waals surface area (Å²) in [7, 11) is 3.35. The lowest BCUT2D eigenvalue weighted by atomic mass is 9.62. The molecule has 4 aliphatic heterocycles. The van der Waals surface area contributed by atoms with Gasteiger partial charge >= 0.3 is 11.9 Å². The lowest BCUT2D eigenvalue weighted by Crippen LogP contribution is -2.70. The van der Waals surface area contributed by atoms with E-state index in [1.165, 1.54) is 11.0 Å². The molecule has 8 atom stereocenters. The van der Waals surface area contributed by atoms with Gasteiger partial charge in [-0.3, -0.25) is 28.8 Å². The second-order valence-electron chi connectivity index (χ2n) is 18.1. The highest BCUT2D eigenvalue weighted by molar-refractivity contribution is 5.97. The van der Waals surface area contributed by atoms with E-state index in [-0.39, 0.29) is 56.0 Å². The average Bonchev–Trinajstić information content (AvgIpc) is 4.08. The summed E-state index contributed by atoms with van der Waals surface area (Å²) in [4.78, 5) is 78.6. The molecule has 1 aromatic carbocycles. The zero-order valence-corrected chi connectivity index (χ0v) is 33.5. The van der Waals surface area contributed by atoms with E-state index in [1.807, 2.05) is 24.3 Å². The van der Waals surface area contributed by atoms with Gasteiger partial charge in [-0.15, -0.1) is 0 Å². The molecule has 310 valence electrons. The molecule has 8 rings (SSSR count). The predicted octanol–water partition coefficient (Wildman–Crippen LogP) is 2.48. The molecule has 3 amide bonds. The third-order valence-electron chi connectivity index (χ3n) is 12.6. The number of rotatable bonds is 13. The Morgan fingerprint density at radius 2 is 1.75 bits per heavy atom. The number of benzene rings is 1. The number of carbonyl (C=O) groups excluding carboxylic acids is 5. The van der Waals surface area contributed by atoms with Crippen LogP contribution in [0.4, 0.5) is 0 Å². The van der Waals surface area contributed by atoms with Crippen molar-refractivity contribution in [1.29, 1.82) is 0 Å². The van der Waals surface area contributed by atoms with Crippen molar-refractivity contribution in [2.45, 2.75) is 139 Å². The lowest BCUT2D eigenvalue weighted by molar-refractivity contribution is -0.235. The van der Waals surface area contributed by atoms with Crippen molar-refractivity contribution in [3.63, 3.8) is 0 Å². The number of likely N-dealkylation sites (tertiary alicyclic amines) is 1. The molecule has 0 spiro atoms. The molecule has 15 heteroatoms. The predicted molar refractivity (Wildman–Crippen MR) is 202 cm³/mol. The molecular formula is C42H56N4O11. The largest absolute Gasteiger partial charge is 0.460 e. The van der Waals surface area contributed by atoms with Crippen LogP contribution in [0.25, 0.3) is 6.08 Å². The van der Waals surface area contributed by atoms with Crippen LogP contribution in [-0.4, -0.2) is 131 Å². The molecule has 2 bridgehead atoms. The molecule has 0 radical (unpaired) electrons. The maximum Gasteiger partial charge on any atom is 0.327 e. The van der Waals surface area contributed by atoms with Crippen LogP contribution in [0.5, 0.6) is 0 Å². The van der Waals surface area contributed by atoms with Gasteiger partial charge in [0.1, 0.15) is 41.5 Å². The number of esters is 2. The van der Waals surface area contributed by atoms with Crippen molar-refractivity contribution >= 4 is 35.7 Å². The van der Waals surface area contributed by atoms with E-state index in [9.17, 15) is 24.3 Å². The fourth-order valence-electron chi connectivity index (χ4n) is 9.71. The van der Waals surface area contributed by atoms with Crippen molar-refractivity contribution in [3.8, 4) is 0 Å². The number of ether oxygens (including phenoxy) is 4. The van der Waals surface area contributed by atoms with Crippen LogP contribution in [0.3, 0.4) is 0 Å². The van der Waals surface area contributed by atoms with Gasteiger partial charge in [0.15, 0.2) is 11.8 Å². The molecule has 3 saturated carbocycles. The van der Waals surface area contributed by atoms with E-state index >= 15 is 4.79 Å². The van der Waals surface area contributed by atoms with Crippen LogP contribution >= 0.6 is 0 Å². The third kappa shape index (κ3) is 7.38. The molecule has 3 aliphatic carbocycles. The summed E-state index contributed by atoms with van der Waals surface area (Å²) in [5, 5.41) is 14.6. The molecule has 7 aliphatic rings. The Morgan fingerprint density at radius 1 is 1.05 bits per heavy atom. The maximum atomic E-state index is 15.5. The third-order valence-corrected chi connectivity index (χ3v) is 12.6. The van der Waals surface area contributed by atoms with Crippen LogP contribution in [0, 0.1) is 17.3 Å². The van der Waals surface area contributed by atoms with E-state index in [0.717, 1.165) is 36.8 Å². The molecule has 8 unspecified atom stereocenters. The van der Waals surface area contributed by atoms with Gasteiger partial charge in [-0.2, -0.15) is 5.06 Å². The van der Waals surface area contributed by atoms with Gasteiger partial charge in [-0.1, -0.05) is 24.3 Å². The number of likely N-dealkylation sites (N-methyl/N-ethyl adjacent to an activating group) is 1. The first-order valence-electron chi connectivity index (χ1n) is 20.6. The second kappa shape index (κ2) is 15.0. The Kier molecular flexibility index (Phi) is 10.5. The van der Waals surface area contributed by atoms with Gasteiger partial charge in [-0.25, -0.2) is 0 Å². The summed E-state index contributed by atoms with van der Waals surface area (Å²) in [5.74, 6) is -2.42. The fraction of sp³-hybridized carbons (Fsp3) is 0.690.